The minimum atomic E-state index is -1.56. The van der Waals surface area contributed by atoms with Gasteiger partial charge in [-0.1, -0.05) is 15.9 Å². The summed E-state index contributed by atoms with van der Waals surface area (Å²) in [4.78, 5) is 11.8. The van der Waals surface area contributed by atoms with E-state index in [0.29, 0.717) is 18.7 Å². The molecule has 0 unspecified atom stereocenters. The van der Waals surface area contributed by atoms with Crippen molar-refractivity contribution in [2.24, 2.45) is 5.41 Å². The molecule has 0 spiro atoms. The molecule has 19 heavy (non-hydrogen) atoms. The summed E-state index contributed by atoms with van der Waals surface area (Å²) in [5.41, 5.74) is -0.0953. The lowest BCUT2D eigenvalue weighted by Crippen LogP contribution is -2.30. The molecule has 2 nitrogen and oxygen atoms in total. The molecule has 1 aliphatic carbocycles. The van der Waals surface area contributed by atoms with E-state index in [2.05, 4.69) is 21.2 Å². The molecule has 0 aromatic heterocycles. The van der Waals surface area contributed by atoms with Crippen LogP contribution < -0.4 is 5.32 Å². The Bertz CT molecular complexity index is 480. The second-order valence-corrected chi connectivity index (χ2v) is 5.67. The van der Waals surface area contributed by atoms with Crippen molar-refractivity contribution in [1.82, 2.24) is 5.32 Å². The van der Waals surface area contributed by atoms with Gasteiger partial charge in [0, 0.05) is 17.4 Å². The fourth-order valence-corrected chi connectivity index (χ4v) is 2.79. The summed E-state index contributed by atoms with van der Waals surface area (Å²) in [5.74, 6) is -4.85. The second-order valence-electron chi connectivity index (χ2n) is 4.88. The second kappa shape index (κ2) is 5.53. The van der Waals surface area contributed by atoms with Crippen LogP contribution in [0.2, 0.25) is 0 Å². The first-order valence-electron chi connectivity index (χ1n) is 5.96. The fourth-order valence-electron chi connectivity index (χ4n) is 1.95. The van der Waals surface area contributed by atoms with Gasteiger partial charge in [0.2, 0.25) is 0 Å². The SMILES string of the molecule is O=C(NCC1(CCBr)CC1)c1cc(F)c(F)c(F)c1. The van der Waals surface area contributed by atoms with Crippen molar-refractivity contribution in [3.8, 4) is 0 Å². The molecule has 0 bridgehead atoms. The third kappa shape index (κ3) is 3.29. The van der Waals surface area contributed by atoms with Crippen molar-refractivity contribution in [2.75, 3.05) is 11.9 Å². The molecule has 1 fully saturated rings. The third-order valence-corrected chi connectivity index (χ3v) is 3.85. The highest BCUT2D eigenvalue weighted by Gasteiger charge is 2.41. The maximum absolute atomic E-state index is 13.0. The maximum atomic E-state index is 13.0. The summed E-state index contributed by atoms with van der Waals surface area (Å²) in [6.07, 6.45) is 3.01. The van der Waals surface area contributed by atoms with E-state index in [0.717, 1.165) is 24.6 Å². The van der Waals surface area contributed by atoms with Crippen LogP contribution in [0.15, 0.2) is 12.1 Å². The van der Waals surface area contributed by atoms with Crippen molar-refractivity contribution < 1.29 is 18.0 Å². The van der Waals surface area contributed by atoms with Gasteiger partial charge in [-0.05, 0) is 36.8 Å². The standard InChI is InChI=1S/C13H13BrF3NO/c14-4-3-13(1-2-13)7-18-12(19)8-5-9(15)11(17)10(16)6-8/h5-6H,1-4,7H2,(H,18,19). The number of nitrogens with one attached hydrogen (secondary N) is 1. The maximum Gasteiger partial charge on any atom is 0.251 e. The Morgan fingerprint density at radius 1 is 1.26 bits per heavy atom. The van der Waals surface area contributed by atoms with E-state index in [9.17, 15) is 18.0 Å². The summed E-state index contributed by atoms with van der Waals surface area (Å²) in [6.45, 7) is 0.470. The average Bonchev–Trinajstić information content (AvgIpc) is 3.13. The first kappa shape index (κ1) is 14.4. The van der Waals surface area contributed by atoms with E-state index in [1.54, 1.807) is 0 Å². The Morgan fingerprint density at radius 2 is 1.84 bits per heavy atom. The molecule has 1 aromatic carbocycles. The van der Waals surface area contributed by atoms with Gasteiger partial charge in [-0.15, -0.1) is 0 Å². The highest BCUT2D eigenvalue weighted by Crippen LogP contribution is 2.48. The van der Waals surface area contributed by atoms with Crippen LogP contribution in [-0.2, 0) is 0 Å². The molecular weight excluding hydrogens is 323 g/mol. The van der Waals surface area contributed by atoms with Gasteiger partial charge in [-0.2, -0.15) is 0 Å². The predicted octanol–water partition coefficient (Wildman–Crippen LogP) is 3.40. The number of halogens is 4. The number of rotatable bonds is 5. The smallest absolute Gasteiger partial charge is 0.251 e. The Hall–Kier alpha value is -1.04. The fraction of sp³-hybridized carbons (Fsp3) is 0.462. The van der Waals surface area contributed by atoms with Gasteiger partial charge < -0.3 is 5.32 Å². The highest BCUT2D eigenvalue weighted by atomic mass is 79.9. The summed E-state index contributed by atoms with van der Waals surface area (Å²) in [7, 11) is 0. The molecule has 0 heterocycles. The summed E-state index contributed by atoms with van der Waals surface area (Å²) in [6, 6.07) is 1.41. The quantitative estimate of drug-likeness (QED) is 0.648. The van der Waals surface area contributed by atoms with Crippen LogP contribution in [0.25, 0.3) is 0 Å². The largest absolute Gasteiger partial charge is 0.351 e. The van der Waals surface area contributed by atoms with E-state index < -0.39 is 23.4 Å². The zero-order valence-electron chi connectivity index (χ0n) is 10.1. The lowest BCUT2D eigenvalue weighted by molar-refractivity contribution is 0.0943. The Kier molecular flexibility index (Phi) is 4.18. The molecule has 1 aromatic rings. The van der Waals surface area contributed by atoms with Gasteiger partial charge in [-0.3, -0.25) is 4.79 Å². The number of carbonyl (C=O) groups excluding carboxylic acids is 1. The van der Waals surface area contributed by atoms with Crippen molar-refractivity contribution >= 4 is 21.8 Å². The van der Waals surface area contributed by atoms with Crippen LogP contribution in [0, 0.1) is 22.9 Å². The van der Waals surface area contributed by atoms with Crippen LogP contribution >= 0.6 is 15.9 Å². The predicted molar refractivity (Wildman–Crippen MR) is 68.7 cm³/mol. The molecule has 6 heteroatoms. The Morgan fingerprint density at radius 3 is 2.32 bits per heavy atom. The first-order valence-corrected chi connectivity index (χ1v) is 7.08. The zero-order chi connectivity index (χ0) is 14.0. The molecule has 2 rings (SSSR count). The third-order valence-electron chi connectivity index (χ3n) is 3.45. The average molecular weight is 336 g/mol. The molecule has 0 atom stereocenters. The number of carbonyl (C=O) groups is 1. The van der Waals surface area contributed by atoms with Gasteiger partial charge in [-0.25, -0.2) is 13.2 Å². The molecule has 1 N–H and O–H groups in total. The van der Waals surface area contributed by atoms with Crippen molar-refractivity contribution in [2.45, 2.75) is 19.3 Å². The van der Waals surface area contributed by atoms with Crippen molar-refractivity contribution in [3.63, 3.8) is 0 Å². The van der Waals surface area contributed by atoms with Gasteiger partial charge >= 0.3 is 0 Å². The molecule has 1 aliphatic rings. The minimum absolute atomic E-state index is 0.107. The zero-order valence-corrected chi connectivity index (χ0v) is 11.7. The van der Waals surface area contributed by atoms with Gasteiger partial charge in [0.1, 0.15) is 0 Å². The molecule has 1 saturated carbocycles. The Labute approximate surface area is 117 Å². The lowest BCUT2D eigenvalue weighted by atomic mass is 10.0. The molecular formula is C13H13BrF3NO. The van der Waals surface area contributed by atoms with E-state index in [-0.39, 0.29) is 11.0 Å². The van der Waals surface area contributed by atoms with Crippen LogP contribution in [0.1, 0.15) is 29.6 Å². The van der Waals surface area contributed by atoms with E-state index >= 15 is 0 Å². The van der Waals surface area contributed by atoms with Crippen molar-refractivity contribution in [1.29, 1.82) is 0 Å². The summed E-state index contributed by atoms with van der Waals surface area (Å²) in [5, 5.41) is 3.49. The monoisotopic (exact) mass is 335 g/mol. The number of benzene rings is 1. The van der Waals surface area contributed by atoms with Crippen LogP contribution in [0.5, 0.6) is 0 Å². The van der Waals surface area contributed by atoms with E-state index in [1.165, 1.54) is 0 Å². The highest BCUT2D eigenvalue weighted by molar-refractivity contribution is 9.09. The van der Waals surface area contributed by atoms with Crippen LogP contribution in [0.3, 0.4) is 0 Å². The number of hydrogen-bond donors (Lipinski definition) is 1. The first-order chi connectivity index (χ1) is 8.97. The molecule has 0 aliphatic heterocycles. The molecule has 0 saturated heterocycles. The van der Waals surface area contributed by atoms with Crippen molar-refractivity contribution in [3.05, 3.63) is 35.1 Å². The number of hydrogen-bond acceptors (Lipinski definition) is 1. The van der Waals surface area contributed by atoms with E-state index in [1.807, 2.05) is 0 Å². The van der Waals surface area contributed by atoms with Crippen LogP contribution in [0.4, 0.5) is 13.2 Å². The van der Waals surface area contributed by atoms with Gasteiger partial charge in [0.15, 0.2) is 17.5 Å². The number of alkyl halides is 1. The summed E-state index contributed by atoms with van der Waals surface area (Å²) < 4.78 is 38.8. The Balaban J connectivity index is 2.01. The topological polar surface area (TPSA) is 29.1 Å². The van der Waals surface area contributed by atoms with Crippen LogP contribution in [-0.4, -0.2) is 17.8 Å². The molecule has 104 valence electrons. The lowest BCUT2D eigenvalue weighted by Gasteiger charge is -2.14. The normalized spacial score (nSPS) is 16.2. The summed E-state index contributed by atoms with van der Waals surface area (Å²) >= 11 is 3.35. The van der Waals surface area contributed by atoms with Gasteiger partial charge in [0.05, 0.1) is 0 Å². The van der Waals surface area contributed by atoms with E-state index in [4.69, 9.17) is 0 Å². The van der Waals surface area contributed by atoms with Gasteiger partial charge in [0.25, 0.3) is 5.91 Å². The minimum Gasteiger partial charge on any atom is -0.351 e. The molecule has 0 radical (unpaired) electrons. The number of amides is 1. The molecule has 1 amide bonds.